The molecule has 4 unspecified atom stereocenters. The van der Waals surface area contributed by atoms with Gasteiger partial charge in [-0.15, -0.1) is 0 Å². The second kappa shape index (κ2) is 5.07. The Labute approximate surface area is 131 Å². The van der Waals surface area contributed by atoms with Gasteiger partial charge in [0.1, 0.15) is 0 Å². The van der Waals surface area contributed by atoms with Crippen LogP contribution in [0, 0.1) is 35.5 Å². The summed E-state index contributed by atoms with van der Waals surface area (Å²) in [5.41, 5.74) is 0.291. The van der Waals surface area contributed by atoms with Gasteiger partial charge in [0.05, 0.1) is 37.2 Å². The fourth-order valence-corrected chi connectivity index (χ4v) is 4.85. The molecule has 23 heavy (non-hydrogen) atoms. The Kier molecular flexibility index (Phi) is 3.42. The van der Waals surface area contributed by atoms with Gasteiger partial charge in [-0.1, -0.05) is 0 Å². The Hall–Kier alpha value is -2.38. The van der Waals surface area contributed by atoms with E-state index in [1.54, 1.807) is 0 Å². The minimum atomic E-state index is -1.18. The highest BCUT2D eigenvalue weighted by molar-refractivity contribution is 6.05. The smallest absolute Gasteiger partial charge is 0.334 e. The molecule has 0 heterocycles. The Balaban J connectivity index is 2.06. The molecule has 0 aromatic heterocycles. The molecule has 3 rings (SSSR count). The highest BCUT2D eigenvalue weighted by atomic mass is 16.5. The number of fused-ring (bicyclic) bond motifs is 5. The molecule has 8 heteroatoms. The van der Waals surface area contributed by atoms with Gasteiger partial charge in [0, 0.05) is 11.8 Å². The molecule has 124 valence electrons. The average Bonchev–Trinajstić information content (AvgIpc) is 2.98. The highest BCUT2D eigenvalue weighted by Gasteiger charge is 2.70. The van der Waals surface area contributed by atoms with Crippen molar-refractivity contribution in [3.8, 4) is 0 Å². The SMILES string of the molecule is COC(=O)C1=C(C(=O)OC)C2C1C1CC2[C@H](C(=O)O)[C@@H]1C(=O)O. The van der Waals surface area contributed by atoms with E-state index in [0.29, 0.717) is 6.42 Å². The van der Waals surface area contributed by atoms with Gasteiger partial charge in [0.15, 0.2) is 0 Å². The molecule has 0 radical (unpaired) electrons. The van der Waals surface area contributed by atoms with E-state index in [2.05, 4.69) is 0 Å². The maximum absolute atomic E-state index is 12.0. The first-order valence-corrected chi connectivity index (χ1v) is 7.21. The van der Waals surface area contributed by atoms with Crippen molar-refractivity contribution in [3.63, 3.8) is 0 Å². The van der Waals surface area contributed by atoms with E-state index in [1.165, 1.54) is 14.2 Å². The summed E-state index contributed by atoms with van der Waals surface area (Å²) >= 11 is 0. The normalized spacial score (nSPS) is 37.0. The van der Waals surface area contributed by atoms with Gasteiger partial charge in [0.25, 0.3) is 0 Å². The van der Waals surface area contributed by atoms with Crippen LogP contribution in [0.5, 0.6) is 0 Å². The van der Waals surface area contributed by atoms with Crippen LogP contribution in [-0.4, -0.2) is 48.3 Å². The highest BCUT2D eigenvalue weighted by Crippen LogP contribution is 2.67. The zero-order chi connectivity index (χ0) is 17.0. The van der Waals surface area contributed by atoms with Crippen molar-refractivity contribution in [2.24, 2.45) is 35.5 Å². The lowest BCUT2D eigenvalue weighted by molar-refractivity contribution is -0.160. The molecular formula is C15H16O8. The van der Waals surface area contributed by atoms with Gasteiger partial charge >= 0.3 is 23.9 Å². The molecule has 8 nitrogen and oxygen atoms in total. The summed E-state index contributed by atoms with van der Waals surface area (Å²) in [4.78, 5) is 47.0. The summed E-state index contributed by atoms with van der Waals surface area (Å²) in [6, 6.07) is 0. The number of esters is 2. The first-order chi connectivity index (χ1) is 10.8. The number of methoxy groups -OCH3 is 2. The van der Waals surface area contributed by atoms with Crippen molar-refractivity contribution in [2.45, 2.75) is 6.42 Å². The average molecular weight is 324 g/mol. The van der Waals surface area contributed by atoms with E-state index in [1.807, 2.05) is 0 Å². The molecular weight excluding hydrogens is 308 g/mol. The molecule has 0 saturated heterocycles. The largest absolute Gasteiger partial charge is 0.481 e. The standard InChI is InChI=1S/C15H16O8/c1-22-14(20)10-6-4-3-5(7(6)11(10)15(21)23-2)9(13(18)19)8(4)12(16)17/h4-9H,3H2,1-2H3,(H,16,17)(H,18,19)/t4?,5?,6?,7?,8-,9+. The minimum Gasteiger partial charge on any atom is -0.481 e. The quantitative estimate of drug-likeness (QED) is 0.688. The summed E-state index contributed by atoms with van der Waals surface area (Å²) in [5, 5.41) is 18.8. The predicted octanol–water partition coefficient (Wildman–Crippen LogP) is -0.0737. The third kappa shape index (κ3) is 1.83. The number of rotatable bonds is 4. The van der Waals surface area contributed by atoms with Crippen LogP contribution in [0.4, 0.5) is 0 Å². The molecule has 6 atom stereocenters. The van der Waals surface area contributed by atoms with E-state index in [0.717, 1.165) is 0 Å². The first-order valence-electron chi connectivity index (χ1n) is 7.21. The van der Waals surface area contributed by atoms with Crippen LogP contribution in [0.2, 0.25) is 0 Å². The second-order valence-corrected chi connectivity index (χ2v) is 6.15. The molecule has 0 amide bonds. The van der Waals surface area contributed by atoms with E-state index < -0.39 is 59.4 Å². The van der Waals surface area contributed by atoms with Crippen molar-refractivity contribution >= 4 is 23.9 Å². The van der Waals surface area contributed by atoms with Crippen LogP contribution in [0.3, 0.4) is 0 Å². The Bertz CT molecular complexity index is 594. The van der Waals surface area contributed by atoms with E-state index in [9.17, 15) is 29.4 Å². The van der Waals surface area contributed by atoms with Gasteiger partial charge < -0.3 is 19.7 Å². The summed E-state index contributed by atoms with van der Waals surface area (Å²) in [6.07, 6.45) is 0.365. The zero-order valence-electron chi connectivity index (χ0n) is 12.5. The van der Waals surface area contributed by atoms with E-state index in [-0.39, 0.29) is 11.1 Å². The molecule has 2 fully saturated rings. The Morgan fingerprint density at radius 3 is 1.43 bits per heavy atom. The van der Waals surface area contributed by atoms with Gasteiger partial charge in [0.2, 0.25) is 0 Å². The number of carboxylic acid groups (broad SMARTS) is 2. The van der Waals surface area contributed by atoms with Crippen LogP contribution in [0.25, 0.3) is 0 Å². The van der Waals surface area contributed by atoms with E-state index in [4.69, 9.17) is 9.47 Å². The topological polar surface area (TPSA) is 127 Å². The van der Waals surface area contributed by atoms with Crippen LogP contribution >= 0.6 is 0 Å². The number of ether oxygens (including phenoxy) is 2. The molecule has 2 saturated carbocycles. The maximum Gasteiger partial charge on any atom is 0.334 e. The van der Waals surface area contributed by atoms with Crippen molar-refractivity contribution in [3.05, 3.63) is 11.1 Å². The Morgan fingerprint density at radius 2 is 1.17 bits per heavy atom. The maximum atomic E-state index is 12.0. The van der Waals surface area contributed by atoms with Crippen molar-refractivity contribution in [1.82, 2.24) is 0 Å². The monoisotopic (exact) mass is 324 g/mol. The number of carboxylic acids is 2. The third-order valence-electron chi connectivity index (χ3n) is 5.50. The first kappa shape index (κ1) is 15.5. The Morgan fingerprint density at radius 1 is 0.826 bits per heavy atom. The van der Waals surface area contributed by atoms with Gasteiger partial charge in [-0.25, -0.2) is 9.59 Å². The number of aliphatic carboxylic acids is 2. The van der Waals surface area contributed by atoms with Crippen molar-refractivity contribution in [1.29, 1.82) is 0 Å². The molecule has 3 aliphatic rings. The summed E-state index contributed by atoms with van der Waals surface area (Å²) in [6.45, 7) is 0. The van der Waals surface area contributed by atoms with Gasteiger partial charge in [-0.2, -0.15) is 0 Å². The third-order valence-corrected chi connectivity index (χ3v) is 5.50. The zero-order valence-corrected chi connectivity index (χ0v) is 12.5. The summed E-state index contributed by atoms with van der Waals surface area (Å²) in [7, 11) is 2.36. The van der Waals surface area contributed by atoms with Crippen LogP contribution in [0.1, 0.15) is 6.42 Å². The van der Waals surface area contributed by atoms with Crippen LogP contribution in [0.15, 0.2) is 11.1 Å². The number of carbonyl (C=O) groups excluding carboxylic acids is 2. The molecule has 0 spiro atoms. The minimum absolute atomic E-state index is 0.145. The number of hydrogen-bond acceptors (Lipinski definition) is 6. The lowest BCUT2D eigenvalue weighted by Crippen LogP contribution is -2.51. The van der Waals surface area contributed by atoms with Crippen LogP contribution < -0.4 is 0 Å². The van der Waals surface area contributed by atoms with Gasteiger partial charge in [-0.3, -0.25) is 9.59 Å². The summed E-state index contributed by atoms with van der Waals surface area (Å²) in [5.74, 6) is -7.70. The van der Waals surface area contributed by atoms with E-state index >= 15 is 0 Å². The molecule has 0 aromatic rings. The predicted molar refractivity (Wildman–Crippen MR) is 71.9 cm³/mol. The van der Waals surface area contributed by atoms with Gasteiger partial charge in [-0.05, 0) is 18.3 Å². The molecule has 2 N–H and O–H groups in total. The lowest BCUT2D eigenvalue weighted by Gasteiger charge is -2.45. The second-order valence-electron chi connectivity index (χ2n) is 6.15. The summed E-state index contributed by atoms with van der Waals surface area (Å²) < 4.78 is 9.39. The number of carbonyl (C=O) groups is 4. The lowest BCUT2D eigenvalue weighted by atomic mass is 9.56. The van der Waals surface area contributed by atoms with Crippen molar-refractivity contribution < 1.29 is 38.9 Å². The molecule has 0 aliphatic heterocycles. The fraction of sp³-hybridized carbons (Fsp3) is 0.600. The molecule has 2 bridgehead atoms. The van der Waals surface area contributed by atoms with Crippen molar-refractivity contribution in [2.75, 3.05) is 14.2 Å². The number of hydrogen-bond donors (Lipinski definition) is 2. The van der Waals surface area contributed by atoms with Crippen LogP contribution in [-0.2, 0) is 28.7 Å². The molecule has 3 aliphatic carbocycles. The molecule has 0 aromatic carbocycles. The fourth-order valence-electron chi connectivity index (χ4n) is 4.85.